The van der Waals surface area contributed by atoms with Crippen molar-refractivity contribution in [3.63, 3.8) is 0 Å². The third-order valence-electron chi connectivity index (χ3n) is 2.27. The third-order valence-corrected chi connectivity index (χ3v) is 2.27. The molecule has 0 fully saturated rings. The molecule has 0 spiro atoms. The molecule has 102 valence electrons. The maximum absolute atomic E-state index is 11.3. The lowest BCUT2D eigenvalue weighted by atomic mass is 10.1. The van der Waals surface area contributed by atoms with Crippen LogP contribution in [0.25, 0.3) is 0 Å². The first kappa shape index (κ1) is 14.5. The number of carbonyl (C=O) groups excluding carboxylic acids is 2. The van der Waals surface area contributed by atoms with Gasteiger partial charge in [0, 0.05) is 7.05 Å². The molecule has 7 nitrogen and oxygen atoms in total. The molecular formula is C12H14N2O5. The number of hydrogen-bond acceptors (Lipinski definition) is 4. The average Bonchev–Trinajstić information content (AvgIpc) is 2.37. The lowest BCUT2D eigenvalue weighted by Crippen LogP contribution is -2.40. The van der Waals surface area contributed by atoms with Gasteiger partial charge in [-0.25, -0.2) is 9.59 Å². The van der Waals surface area contributed by atoms with Crippen molar-refractivity contribution in [2.24, 2.45) is 0 Å². The number of hydrogen-bond donors (Lipinski definition) is 3. The van der Waals surface area contributed by atoms with E-state index in [1.165, 1.54) is 19.2 Å². The number of rotatable bonds is 4. The van der Waals surface area contributed by atoms with E-state index in [1.54, 1.807) is 13.0 Å². The van der Waals surface area contributed by atoms with Crippen molar-refractivity contribution >= 4 is 17.9 Å². The van der Waals surface area contributed by atoms with Crippen LogP contribution in [0.1, 0.15) is 15.9 Å². The summed E-state index contributed by atoms with van der Waals surface area (Å²) in [5.74, 6) is -1.42. The van der Waals surface area contributed by atoms with Crippen molar-refractivity contribution < 1.29 is 24.2 Å². The molecular weight excluding hydrogens is 252 g/mol. The lowest BCUT2D eigenvalue weighted by Gasteiger charge is -2.09. The van der Waals surface area contributed by atoms with Crippen LogP contribution in [-0.2, 0) is 4.79 Å². The van der Waals surface area contributed by atoms with Gasteiger partial charge in [-0.15, -0.1) is 0 Å². The summed E-state index contributed by atoms with van der Waals surface area (Å²) >= 11 is 0. The smallest absolute Gasteiger partial charge is 0.335 e. The number of aryl methyl sites for hydroxylation is 1. The van der Waals surface area contributed by atoms with E-state index in [0.717, 1.165) is 0 Å². The number of nitrogens with one attached hydrogen (secondary N) is 2. The van der Waals surface area contributed by atoms with E-state index < -0.39 is 17.9 Å². The summed E-state index contributed by atoms with van der Waals surface area (Å²) in [4.78, 5) is 33.0. The van der Waals surface area contributed by atoms with Gasteiger partial charge in [0.15, 0.2) is 6.61 Å². The first-order valence-electron chi connectivity index (χ1n) is 5.42. The molecule has 0 aromatic heterocycles. The molecule has 3 amide bonds. The zero-order chi connectivity index (χ0) is 14.4. The number of urea groups is 1. The molecule has 1 aromatic carbocycles. The predicted molar refractivity (Wildman–Crippen MR) is 66.2 cm³/mol. The molecule has 0 heterocycles. The molecule has 1 rings (SSSR count). The summed E-state index contributed by atoms with van der Waals surface area (Å²) in [6.45, 7) is 1.34. The largest absolute Gasteiger partial charge is 0.483 e. The predicted octanol–water partition coefficient (Wildman–Crippen LogP) is 0.528. The van der Waals surface area contributed by atoms with Gasteiger partial charge < -0.3 is 15.2 Å². The van der Waals surface area contributed by atoms with Gasteiger partial charge in [0.25, 0.3) is 5.91 Å². The molecule has 1 aromatic rings. The number of ether oxygens (including phenoxy) is 1. The molecule has 0 radical (unpaired) electrons. The molecule has 7 heteroatoms. The van der Waals surface area contributed by atoms with Crippen LogP contribution in [0, 0.1) is 6.92 Å². The fourth-order valence-corrected chi connectivity index (χ4v) is 1.26. The van der Waals surface area contributed by atoms with E-state index in [0.29, 0.717) is 5.56 Å². The van der Waals surface area contributed by atoms with Crippen LogP contribution in [0.15, 0.2) is 18.2 Å². The van der Waals surface area contributed by atoms with Crippen molar-refractivity contribution in [2.75, 3.05) is 13.7 Å². The monoisotopic (exact) mass is 266 g/mol. The zero-order valence-corrected chi connectivity index (χ0v) is 10.5. The van der Waals surface area contributed by atoms with Gasteiger partial charge in [-0.3, -0.25) is 10.1 Å². The minimum Gasteiger partial charge on any atom is -0.483 e. The SMILES string of the molecule is CNC(=O)NC(=O)COc1cc(C(=O)O)ccc1C. The van der Waals surface area contributed by atoms with E-state index in [2.05, 4.69) is 5.32 Å². The third kappa shape index (κ3) is 4.30. The second kappa shape index (κ2) is 6.39. The van der Waals surface area contributed by atoms with E-state index in [9.17, 15) is 14.4 Å². The number of carboxylic acid groups (broad SMARTS) is 1. The molecule has 0 aliphatic heterocycles. The number of imide groups is 1. The van der Waals surface area contributed by atoms with Crippen molar-refractivity contribution in [2.45, 2.75) is 6.92 Å². The number of carbonyl (C=O) groups is 3. The zero-order valence-electron chi connectivity index (χ0n) is 10.5. The highest BCUT2D eigenvalue weighted by atomic mass is 16.5. The molecule has 0 unspecified atom stereocenters. The fourth-order valence-electron chi connectivity index (χ4n) is 1.26. The van der Waals surface area contributed by atoms with Crippen LogP contribution >= 0.6 is 0 Å². The lowest BCUT2D eigenvalue weighted by molar-refractivity contribution is -0.122. The summed E-state index contributed by atoms with van der Waals surface area (Å²) in [6.07, 6.45) is 0. The summed E-state index contributed by atoms with van der Waals surface area (Å²) in [5, 5.41) is 13.1. The van der Waals surface area contributed by atoms with Crippen molar-refractivity contribution in [3.8, 4) is 5.75 Å². The first-order valence-corrected chi connectivity index (χ1v) is 5.42. The molecule has 0 bridgehead atoms. The second-order valence-electron chi connectivity index (χ2n) is 3.70. The fraction of sp³-hybridized carbons (Fsp3) is 0.250. The Bertz CT molecular complexity index is 513. The maximum Gasteiger partial charge on any atom is 0.335 e. The molecule has 19 heavy (non-hydrogen) atoms. The standard InChI is InChI=1S/C12H14N2O5/c1-7-3-4-8(11(16)17)5-9(7)19-6-10(15)14-12(18)13-2/h3-5H,6H2,1-2H3,(H,16,17)(H2,13,14,15,18). The van der Waals surface area contributed by atoms with Gasteiger partial charge in [-0.05, 0) is 24.6 Å². The van der Waals surface area contributed by atoms with E-state index in [1.807, 2.05) is 5.32 Å². The van der Waals surface area contributed by atoms with Crippen molar-refractivity contribution in [1.29, 1.82) is 0 Å². The topological polar surface area (TPSA) is 105 Å². The second-order valence-corrected chi connectivity index (χ2v) is 3.70. The Kier molecular flexibility index (Phi) is 4.87. The number of amides is 3. The number of carboxylic acids is 1. The highest BCUT2D eigenvalue weighted by Crippen LogP contribution is 2.19. The molecule has 0 saturated heterocycles. The van der Waals surface area contributed by atoms with Crippen LogP contribution < -0.4 is 15.4 Å². The van der Waals surface area contributed by atoms with Gasteiger partial charge in [0.2, 0.25) is 0 Å². The minimum atomic E-state index is -1.08. The Morgan fingerprint density at radius 3 is 2.58 bits per heavy atom. The minimum absolute atomic E-state index is 0.0623. The maximum atomic E-state index is 11.3. The van der Waals surface area contributed by atoms with Crippen LogP contribution in [0.4, 0.5) is 4.79 Å². The number of aromatic carboxylic acids is 1. The molecule has 0 aliphatic rings. The molecule has 0 atom stereocenters. The highest BCUT2D eigenvalue weighted by Gasteiger charge is 2.10. The van der Waals surface area contributed by atoms with Crippen LogP contribution in [0.2, 0.25) is 0 Å². The molecule has 3 N–H and O–H groups in total. The summed E-state index contributed by atoms with van der Waals surface area (Å²) in [6, 6.07) is 3.71. The van der Waals surface area contributed by atoms with Crippen LogP contribution in [0.3, 0.4) is 0 Å². The van der Waals surface area contributed by atoms with Crippen molar-refractivity contribution in [3.05, 3.63) is 29.3 Å². The Morgan fingerprint density at radius 1 is 1.32 bits per heavy atom. The van der Waals surface area contributed by atoms with Gasteiger partial charge in [-0.1, -0.05) is 6.07 Å². The van der Waals surface area contributed by atoms with E-state index >= 15 is 0 Å². The van der Waals surface area contributed by atoms with E-state index in [-0.39, 0.29) is 17.9 Å². The number of benzene rings is 1. The normalized spacial score (nSPS) is 9.58. The van der Waals surface area contributed by atoms with Crippen molar-refractivity contribution in [1.82, 2.24) is 10.6 Å². The molecule has 0 aliphatic carbocycles. The Morgan fingerprint density at radius 2 is 2.00 bits per heavy atom. The summed E-state index contributed by atoms with van der Waals surface area (Å²) in [7, 11) is 1.38. The van der Waals surface area contributed by atoms with Crippen LogP contribution in [0.5, 0.6) is 5.75 Å². The highest BCUT2D eigenvalue weighted by molar-refractivity contribution is 5.95. The van der Waals surface area contributed by atoms with Crippen LogP contribution in [-0.4, -0.2) is 36.7 Å². The van der Waals surface area contributed by atoms with Gasteiger partial charge in [0.05, 0.1) is 5.56 Å². The summed E-state index contributed by atoms with van der Waals surface area (Å²) in [5.41, 5.74) is 0.755. The molecule has 0 saturated carbocycles. The van der Waals surface area contributed by atoms with Gasteiger partial charge in [0.1, 0.15) is 5.75 Å². The first-order chi connectivity index (χ1) is 8.93. The Hall–Kier alpha value is -2.57. The summed E-state index contributed by atoms with van der Waals surface area (Å²) < 4.78 is 5.18. The Balaban J connectivity index is 2.67. The van der Waals surface area contributed by atoms with Gasteiger partial charge in [-0.2, -0.15) is 0 Å². The quantitative estimate of drug-likeness (QED) is 0.737. The average molecular weight is 266 g/mol. The van der Waals surface area contributed by atoms with Gasteiger partial charge >= 0.3 is 12.0 Å². The Labute approximate surface area is 109 Å². The van der Waals surface area contributed by atoms with E-state index in [4.69, 9.17) is 9.84 Å².